The molecule has 1 saturated carbocycles. The van der Waals surface area contributed by atoms with Crippen LogP contribution in [0.2, 0.25) is 0 Å². The van der Waals surface area contributed by atoms with Gasteiger partial charge in [0.05, 0.1) is 6.10 Å². The Balaban J connectivity index is 1.75. The van der Waals surface area contributed by atoms with Crippen LogP contribution in [0, 0.1) is 11.8 Å². The number of amides is 2. The third-order valence-corrected chi connectivity index (χ3v) is 5.12. The smallest absolute Gasteiger partial charge is 0.248 e. The Bertz CT molecular complexity index is 421. The van der Waals surface area contributed by atoms with Gasteiger partial charge >= 0.3 is 0 Å². The number of carbonyl (C=O) groups is 2. The van der Waals surface area contributed by atoms with Crippen LogP contribution in [0.15, 0.2) is 0 Å². The van der Waals surface area contributed by atoms with Gasteiger partial charge in [0.2, 0.25) is 11.8 Å². The average Bonchev–Trinajstić information content (AvgIpc) is 3.19. The van der Waals surface area contributed by atoms with Crippen molar-refractivity contribution in [2.75, 3.05) is 19.7 Å². The van der Waals surface area contributed by atoms with Crippen LogP contribution in [-0.4, -0.2) is 48.1 Å². The Labute approximate surface area is 120 Å². The summed E-state index contributed by atoms with van der Waals surface area (Å²) in [5.74, 6) is 0.823. The van der Waals surface area contributed by atoms with Crippen molar-refractivity contribution in [2.24, 2.45) is 11.8 Å². The van der Waals surface area contributed by atoms with Crippen LogP contribution in [0.3, 0.4) is 0 Å². The lowest BCUT2D eigenvalue weighted by molar-refractivity contribution is -0.139. The monoisotopic (exact) mass is 280 g/mol. The summed E-state index contributed by atoms with van der Waals surface area (Å²) in [4.78, 5) is 26.7. The van der Waals surface area contributed by atoms with Crippen LogP contribution in [0.5, 0.6) is 0 Å². The van der Waals surface area contributed by atoms with Gasteiger partial charge in [0, 0.05) is 32.0 Å². The van der Waals surface area contributed by atoms with Gasteiger partial charge in [-0.25, -0.2) is 0 Å². The molecule has 0 aromatic rings. The van der Waals surface area contributed by atoms with Gasteiger partial charge < -0.3 is 15.0 Å². The summed E-state index contributed by atoms with van der Waals surface area (Å²) in [5, 5.41) is 2.97. The molecule has 1 N–H and O–H groups in total. The normalized spacial score (nSPS) is 38.8. The van der Waals surface area contributed by atoms with E-state index in [1.54, 1.807) is 0 Å². The Morgan fingerprint density at radius 3 is 2.70 bits per heavy atom. The molecule has 20 heavy (non-hydrogen) atoms. The van der Waals surface area contributed by atoms with Gasteiger partial charge in [-0.15, -0.1) is 0 Å². The molecule has 2 aliphatic heterocycles. The van der Waals surface area contributed by atoms with E-state index in [0.29, 0.717) is 24.8 Å². The van der Waals surface area contributed by atoms with E-state index in [-0.39, 0.29) is 17.9 Å². The topological polar surface area (TPSA) is 58.6 Å². The number of carbonyl (C=O) groups excluding carboxylic acids is 2. The molecule has 0 radical (unpaired) electrons. The van der Waals surface area contributed by atoms with Crippen LogP contribution >= 0.6 is 0 Å². The van der Waals surface area contributed by atoms with Crippen molar-refractivity contribution < 1.29 is 14.3 Å². The zero-order valence-corrected chi connectivity index (χ0v) is 12.4. The minimum atomic E-state index is -0.684. The van der Waals surface area contributed by atoms with Gasteiger partial charge in [-0.2, -0.15) is 0 Å². The average molecular weight is 280 g/mol. The molecule has 2 amide bonds. The van der Waals surface area contributed by atoms with Crippen molar-refractivity contribution in [1.82, 2.24) is 10.2 Å². The SMILES string of the molecule is CC1OCCC1CN1CCC(=O)NC(C)(C2CC2)C1=O. The first-order chi connectivity index (χ1) is 9.50. The molecule has 1 aliphatic carbocycles. The molecule has 0 aromatic heterocycles. The molecule has 0 aromatic carbocycles. The number of ether oxygens (including phenoxy) is 1. The summed E-state index contributed by atoms with van der Waals surface area (Å²) in [6.07, 6.45) is 3.71. The van der Waals surface area contributed by atoms with Gasteiger partial charge in [-0.05, 0) is 39.0 Å². The molecular weight excluding hydrogens is 256 g/mol. The highest BCUT2D eigenvalue weighted by Gasteiger charge is 2.51. The van der Waals surface area contributed by atoms with E-state index in [2.05, 4.69) is 12.2 Å². The highest BCUT2D eigenvalue weighted by molar-refractivity contribution is 5.93. The molecule has 0 bridgehead atoms. The number of rotatable bonds is 3. The van der Waals surface area contributed by atoms with Gasteiger partial charge in [0.25, 0.3) is 0 Å². The fourth-order valence-electron chi connectivity index (χ4n) is 3.48. The Morgan fingerprint density at radius 2 is 2.10 bits per heavy atom. The van der Waals surface area contributed by atoms with E-state index in [4.69, 9.17) is 4.74 Å². The van der Waals surface area contributed by atoms with Crippen LogP contribution in [-0.2, 0) is 14.3 Å². The van der Waals surface area contributed by atoms with E-state index in [0.717, 1.165) is 32.4 Å². The number of hydrogen-bond donors (Lipinski definition) is 1. The van der Waals surface area contributed by atoms with Crippen molar-refractivity contribution in [1.29, 1.82) is 0 Å². The molecule has 0 spiro atoms. The first-order valence-corrected chi connectivity index (χ1v) is 7.72. The van der Waals surface area contributed by atoms with E-state index in [1.807, 2.05) is 11.8 Å². The molecule has 2 heterocycles. The molecule has 2 saturated heterocycles. The summed E-state index contributed by atoms with van der Waals surface area (Å²) >= 11 is 0. The van der Waals surface area contributed by atoms with Gasteiger partial charge in [-0.1, -0.05) is 0 Å². The number of nitrogens with one attached hydrogen (secondary N) is 1. The zero-order chi connectivity index (χ0) is 14.3. The van der Waals surface area contributed by atoms with Gasteiger partial charge in [0.1, 0.15) is 5.54 Å². The Kier molecular flexibility index (Phi) is 3.48. The summed E-state index contributed by atoms with van der Waals surface area (Å²) in [5.41, 5.74) is -0.684. The summed E-state index contributed by atoms with van der Waals surface area (Å²) in [6.45, 7) is 6.01. The van der Waals surface area contributed by atoms with E-state index < -0.39 is 5.54 Å². The fraction of sp³-hybridized carbons (Fsp3) is 0.867. The standard InChI is InChI=1S/C15H24N2O3/c1-10-11(6-8-20-10)9-17-7-5-13(18)16-15(2,14(17)19)12-3-4-12/h10-12H,3-9H2,1-2H3,(H,16,18). The predicted octanol–water partition coefficient (Wildman–Crippen LogP) is 0.929. The predicted molar refractivity (Wildman–Crippen MR) is 74.0 cm³/mol. The molecule has 3 aliphatic rings. The zero-order valence-electron chi connectivity index (χ0n) is 12.4. The van der Waals surface area contributed by atoms with Crippen molar-refractivity contribution in [3.05, 3.63) is 0 Å². The van der Waals surface area contributed by atoms with E-state index >= 15 is 0 Å². The van der Waals surface area contributed by atoms with Gasteiger partial charge in [0.15, 0.2) is 0 Å². The fourth-order valence-corrected chi connectivity index (χ4v) is 3.48. The Hall–Kier alpha value is -1.10. The maximum Gasteiger partial charge on any atom is 0.248 e. The minimum absolute atomic E-state index is 0.00553. The van der Waals surface area contributed by atoms with Crippen LogP contribution in [0.25, 0.3) is 0 Å². The highest BCUT2D eigenvalue weighted by atomic mass is 16.5. The molecule has 5 heteroatoms. The summed E-state index contributed by atoms with van der Waals surface area (Å²) < 4.78 is 5.59. The van der Waals surface area contributed by atoms with Crippen molar-refractivity contribution in [2.45, 2.75) is 51.2 Å². The largest absolute Gasteiger partial charge is 0.378 e. The lowest BCUT2D eigenvalue weighted by Gasteiger charge is -2.34. The molecular formula is C15H24N2O3. The summed E-state index contributed by atoms with van der Waals surface area (Å²) in [6, 6.07) is 0. The molecule has 3 rings (SSSR count). The Morgan fingerprint density at radius 1 is 1.35 bits per heavy atom. The quantitative estimate of drug-likeness (QED) is 0.836. The number of nitrogens with zero attached hydrogens (tertiary/aromatic N) is 1. The van der Waals surface area contributed by atoms with Crippen LogP contribution in [0.4, 0.5) is 0 Å². The first-order valence-electron chi connectivity index (χ1n) is 7.72. The third kappa shape index (κ3) is 2.43. The van der Waals surface area contributed by atoms with Gasteiger partial charge in [-0.3, -0.25) is 9.59 Å². The van der Waals surface area contributed by atoms with E-state index in [1.165, 1.54) is 0 Å². The third-order valence-electron chi connectivity index (χ3n) is 5.12. The number of hydrogen-bond acceptors (Lipinski definition) is 3. The maximum atomic E-state index is 12.9. The van der Waals surface area contributed by atoms with Crippen LogP contribution < -0.4 is 5.32 Å². The van der Waals surface area contributed by atoms with Crippen molar-refractivity contribution in [3.8, 4) is 0 Å². The molecule has 3 unspecified atom stereocenters. The lowest BCUT2D eigenvalue weighted by Crippen LogP contribution is -2.57. The highest BCUT2D eigenvalue weighted by Crippen LogP contribution is 2.41. The molecule has 112 valence electrons. The molecule has 3 atom stereocenters. The van der Waals surface area contributed by atoms with Crippen molar-refractivity contribution in [3.63, 3.8) is 0 Å². The minimum Gasteiger partial charge on any atom is -0.378 e. The molecule has 3 fully saturated rings. The first kappa shape index (κ1) is 13.9. The second-order valence-electron chi connectivity index (χ2n) is 6.65. The maximum absolute atomic E-state index is 12.9. The lowest BCUT2D eigenvalue weighted by atomic mass is 9.93. The molecule has 5 nitrogen and oxygen atoms in total. The second-order valence-corrected chi connectivity index (χ2v) is 6.65. The van der Waals surface area contributed by atoms with Crippen LogP contribution in [0.1, 0.15) is 39.5 Å². The summed E-state index contributed by atoms with van der Waals surface area (Å²) in [7, 11) is 0. The van der Waals surface area contributed by atoms with Crippen molar-refractivity contribution >= 4 is 11.8 Å². The van der Waals surface area contributed by atoms with E-state index in [9.17, 15) is 9.59 Å². The second kappa shape index (κ2) is 5.02.